The quantitative estimate of drug-likeness (QED) is 0.169. The van der Waals surface area contributed by atoms with Crippen LogP contribution in [0.25, 0.3) is 21.5 Å². The molecule has 0 atom stereocenters. The van der Waals surface area contributed by atoms with Crippen molar-refractivity contribution < 1.29 is 49.0 Å². The molecule has 6 rings (SSSR count). The van der Waals surface area contributed by atoms with Crippen LogP contribution in [0.4, 0.5) is 0 Å². The largest absolute Gasteiger partial charge is 1.00 e. The topological polar surface area (TPSA) is 0 Å². The summed E-state index contributed by atoms with van der Waals surface area (Å²) in [5.74, 6) is 2.12. The number of hydrogen-bond donors (Lipinski definition) is 0. The molecule has 48 heavy (non-hydrogen) atoms. The second-order valence-electron chi connectivity index (χ2n) is 16.2. The van der Waals surface area contributed by atoms with E-state index >= 15 is 0 Å². The Kier molecular flexibility index (Phi) is 16.3. The molecule has 0 radical (unpaired) electrons. The molecule has 0 amide bonds. The van der Waals surface area contributed by atoms with Gasteiger partial charge in [-0.1, -0.05) is 76.9 Å². The van der Waals surface area contributed by atoms with Crippen molar-refractivity contribution in [2.75, 3.05) is 0 Å². The first-order valence-corrected chi connectivity index (χ1v) is 18.9. The van der Waals surface area contributed by atoms with Crippen LogP contribution in [0.5, 0.6) is 0 Å². The molecule has 1 aliphatic rings. The molecule has 5 aromatic carbocycles. The van der Waals surface area contributed by atoms with Crippen LogP contribution >= 0.6 is 0 Å². The second-order valence-corrected chi connectivity index (χ2v) is 17.5. The van der Waals surface area contributed by atoms with Crippen LogP contribution in [0.2, 0.25) is 0 Å². The molecule has 1 fully saturated rings. The molecule has 1 saturated carbocycles. The monoisotopic (exact) mass is 758 g/mol. The van der Waals surface area contributed by atoms with E-state index in [1.807, 2.05) is 30.3 Å². The number of hydrogen-bond acceptors (Lipinski definition) is 0. The molecule has 0 unspecified atom stereocenters. The van der Waals surface area contributed by atoms with Crippen LogP contribution in [0.15, 0.2) is 91.0 Å². The standard InChI is InChI=1S/C21H25.C19H28.C5H5.2ClH.Zr/c1-20(2,3)16-7-9-18-14(12-16)11-15-13-17(21(4,5)6)8-10-19(15)18;1-14(2)18-11-17(12-19(13-18)15(3)4)10-16-8-6-5-7-9-16;1-2-4-5-3-1;;;/h7-13H,1-6H3;11-16H,5-9H2,1-4H3;1-5H;2*1H;/q-1;;-1;;;+2/p-2. The molecule has 0 aliphatic heterocycles. The summed E-state index contributed by atoms with van der Waals surface area (Å²) in [6, 6.07) is 33.5. The molecule has 0 heterocycles. The van der Waals surface area contributed by atoms with Gasteiger partial charge in [0.15, 0.2) is 0 Å². The minimum atomic E-state index is 0. The van der Waals surface area contributed by atoms with Crippen LogP contribution in [0.3, 0.4) is 0 Å². The maximum absolute atomic E-state index is 2.47. The Bertz CT molecular complexity index is 1590. The summed E-state index contributed by atoms with van der Waals surface area (Å²) in [5, 5.41) is 5.48. The third-order valence-corrected chi connectivity index (χ3v) is 11.3. The van der Waals surface area contributed by atoms with Gasteiger partial charge in [-0.15, -0.1) is 39.7 Å². The molecule has 0 N–H and O–H groups in total. The van der Waals surface area contributed by atoms with Gasteiger partial charge < -0.3 is 24.8 Å². The summed E-state index contributed by atoms with van der Waals surface area (Å²) in [6.45, 7) is 22.9. The Labute approximate surface area is 320 Å². The van der Waals surface area contributed by atoms with Crippen molar-refractivity contribution in [3.8, 4) is 0 Å². The van der Waals surface area contributed by atoms with Gasteiger partial charge in [0.05, 0.1) is 0 Å². The molecule has 258 valence electrons. The third-order valence-electron chi connectivity index (χ3n) is 9.63. The van der Waals surface area contributed by atoms with Crippen LogP contribution < -0.4 is 24.8 Å². The van der Waals surface area contributed by atoms with Gasteiger partial charge >= 0.3 is 140 Å². The van der Waals surface area contributed by atoms with E-state index in [0.29, 0.717) is 11.8 Å². The minimum Gasteiger partial charge on any atom is -1.00 e. The van der Waals surface area contributed by atoms with Gasteiger partial charge in [0.2, 0.25) is 0 Å². The van der Waals surface area contributed by atoms with Gasteiger partial charge in [0.25, 0.3) is 0 Å². The van der Waals surface area contributed by atoms with Gasteiger partial charge in [-0.25, -0.2) is 12.1 Å². The van der Waals surface area contributed by atoms with E-state index in [9.17, 15) is 0 Å². The van der Waals surface area contributed by atoms with Crippen molar-refractivity contribution in [3.63, 3.8) is 0 Å². The third kappa shape index (κ3) is 11.4. The summed E-state index contributed by atoms with van der Waals surface area (Å²) in [5.41, 5.74) is 7.79. The predicted molar refractivity (Wildman–Crippen MR) is 202 cm³/mol. The summed E-state index contributed by atoms with van der Waals surface area (Å²) >= 11 is 1.63. The first-order valence-electron chi connectivity index (χ1n) is 17.7. The number of rotatable bonds is 4. The summed E-state index contributed by atoms with van der Waals surface area (Å²) < 4.78 is 1.72. The van der Waals surface area contributed by atoms with E-state index in [1.165, 1.54) is 75.9 Å². The number of halogens is 2. The van der Waals surface area contributed by atoms with Crippen molar-refractivity contribution in [3.05, 3.63) is 119 Å². The molecule has 0 saturated heterocycles. The molecular weight excluding hydrogens is 703 g/mol. The maximum Gasteiger partial charge on any atom is -0.172 e. The van der Waals surface area contributed by atoms with Crippen molar-refractivity contribution in [2.45, 2.75) is 124 Å². The molecule has 0 bridgehead atoms. The van der Waals surface area contributed by atoms with E-state index in [1.54, 1.807) is 33.0 Å². The van der Waals surface area contributed by atoms with Gasteiger partial charge in [-0.3, -0.25) is 0 Å². The summed E-state index contributed by atoms with van der Waals surface area (Å²) in [7, 11) is 0. The normalized spacial score (nSPS) is 13.7. The van der Waals surface area contributed by atoms with E-state index in [0.717, 1.165) is 5.92 Å². The van der Waals surface area contributed by atoms with E-state index in [2.05, 4.69) is 130 Å². The Morgan fingerprint density at radius 2 is 1.08 bits per heavy atom. The van der Waals surface area contributed by atoms with Gasteiger partial charge in [0, 0.05) is 0 Å². The molecule has 0 nitrogen and oxygen atoms in total. The Morgan fingerprint density at radius 1 is 0.646 bits per heavy atom. The Balaban J connectivity index is 0.000000281. The SMILES string of the molecule is CC(C)(C)c1ccc2c(c1)[cH-]c1cc(C(C)(C)C)ccc12.CC(C)c1cc([C](=[Zr+2])C2CCCCC2)cc(C(C)C)c1.[Cl-].[Cl-].c1cc[cH-]c1. The first-order chi connectivity index (χ1) is 21.6. The molecule has 3 heteroatoms. The molecule has 1 aliphatic carbocycles. The average molecular weight is 761 g/mol. The van der Waals surface area contributed by atoms with Crippen LogP contribution in [-0.2, 0) is 35.1 Å². The summed E-state index contributed by atoms with van der Waals surface area (Å²) in [6.07, 6.45) is 7.16. The Hall–Kier alpha value is -1.79. The fourth-order valence-electron chi connectivity index (χ4n) is 6.40. The molecule has 0 aromatic heterocycles. The molecule has 5 aromatic rings. The minimum absolute atomic E-state index is 0. The van der Waals surface area contributed by atoms with Gasteiger partial charge in [0.1, 0.15) is 0 Å². The van der Waals surface area contributed by atoms with Crippen molar-refractivity contribution >= 4 is 24.8 Å². The fourth-order valence-corrected chi connectivity index (χ4v) is 7.47. The molecule has 0 spiro atoms. The zero-order valence-corrected chi connectivity index (χ0v) is 35.2. The van der Waals surface area contributed by atoms with Crippen molar-refractivity contribution in [1.29, 1.82) is 0 Å². The molecular formula is C45H58Cl2Zr-2. The zero-order chi connectivity index (χ0) is 33.6. The van der Waals surface area contributed by atoms with Crippen LogP contribution in [-0.4, -0.2) is 3.21 Å². The van der Waals surface area contributed by atoms with Gasteiger partial charge in [-0.2, -0.15) is 18.2 Å². The zero-order valence-electron chi connectivity index (χ0n) is 31.2. The maximum atomic E-state index is 2.47. The first kappa shape index (κ1) is 42.4. The fraction of sp³-hybridized carbons (Fsp3) is 0.444. The van der Waals surface area contributed by atoms with Crippen molar-refractivity contribution in [1.82, 2.24) is 0 Å². The Morgan fingerprint density at radius 3 is 1.44 bits per heavy atom. The van der Waals surface area contributed by atoms with Gasteiger partial charge in [-0.05, 0) is 10.8 Å². The number of fused-ring (bicyclic) bond motifs is 3. The second kappa shape index (κ2) is 18.4. The smallest absolute Gasteiger partial charge is 0.172 e. The van der Waals surface area contributed by atoms with E-state index in [-0.39, 0.29) is 35.6 Å². The predicted octanol–water partition coefficient (Wildman–Crippen LogP) is 7.30. The van der Waals surface area contributed by atoms with Crippen LogP contribution in [0.1, 0.15) is 141 Å². The summed E-state index contributed by atoms with van der Waals surface area (Å²) in [4.78, 5) is 0. The number of benzene rings is 3. The van der Waals surface area contributed by atoms with Crippen LogP contribution in [0, 0.1) is 5.92 Å². The van der Waals surface area contributed by atoms with E-state index in [4.69, 9.17) is 0 Å². The average Bonchev–Trinajstić information content (AvgIpc) is 3.72. The van der Waals surface area contributed by atoms with Crippen molar-refractivity contribution in [2.24, 2.45) is 5.92 Å². The van der Waals surface area contributed by atoms with E-state index < -0.39 is 0 Å².